The van der Waals surface area contributed by atoms with Crippen LogP contribution in [0.2, 0.25) is 0 Å². The smallest absolute Gasteiger partial charge is 0.262 e. The molecule has 6 nitrogen and oxygen atoms in total. The topological polar surface area (TPSA) is 115 Å². The largest absolute Gasteiger partial charge is 0.367 e. The van der Waals surface area contributed by atoms with Gasteiger partial charge in [0.15, 0.2) is 6.04 Å². The summed E-state index contributed by atoms with van der Waals surface area (Å²) in [5, 5.41) is 2.27. The molecule has 1 aromatic rings. The van der Waals surface area contributed by atoms with Crippen LogP contribution in [0.5, 0.6) is 0 Å². The molecular formula is C13H17N3O3S. The molecule has 1 aliphatic rings. The number of fused-ring (bicyclic) bond motifs is 1. The Morgan fingerprint density at radius 1 is 1.35 bits per heavy atom. The molecule has 1 atom stereocenters. The Labute approximate surface area is 120 Å². The van der Waals surface area contributed by atoms with Crippen LogP contribution in [-0.4, -0.2) is 23.8 Å². The maximum Gasteiger partial charge on any atom is 0.262 e. The number of carbonyl (C=O) groups is 3. The number of nitrogens with one attached hydrogen (secondary N) is 1. The lowest BCUT2D eigenvalue weighted by molar-refractivity contribution is -0.128. The second-order valence-corrected chi connectivity index (χ2v) is 6.25. The summed E-state index contributed by atoms with van der Waals surface area (Å²) in [6.45, 7) is 2.18. The maximum atomic E-state index is 12.0. The van der Waals surface area contributed by atoms with Crippen LogP contribution in [0, 0.1) is 5.92 Å². The van der Waals surface area contributed by atoms with Crippen LogP contribution in [0.1, 0.15) is 33.5 Å². The lowest BCUT2D eigenvalue weighted by Crippen LogP contribution is -2.52. The van der Waals surface area contributed by atoms with Crippen molar-refractivity contribution in [1.82, 2.24) is 5.32 Å². The Hall–Kier alpha value is -1.89. The average molecular weight is 295 g/mol. The lowest BCUT2D eigenvalue weighted by atomic mass is 9.90. The van der Waals surface area contributed by atoms with Gasteiger partial charge >= 0.3 is 0 Å². The molecule has 108 valence electrons. The molecule has 1 heterocycles. The van der Waals surface area contributed by atoms with Crippen molar-refractivity contribution in [1.29, 1.82) is 0 Å². The van der Waals surface area contributed by atoms with E-state index in [1.165, 1.54) is 21.8 Å². The van der Waals surface area contributed by atoms with Crippen molar-refractivity contribution in [2.75, 3.05) is 0 Å². The van der Waals surface area contributed by atoms with Crippen LogP contribution >= 0.6 is 11.3 Å². The van der Waals surface area contributed by atoms with E-state index >= 15 is 0 Å². The first kappa shape index (κ1) is 14.5. The van der Waals surface area contributed by atoms with Gasteiger partial charge in [0.05, 0.1) is 4.88 Å². The number of hydrogen-bond donors (Lipinski definition) is 3. The second kappa shape index (κ2) is 5.62. The minimum atomic E-state index is -1.47. The van der Waals surface area contributed by atoms with Gasteiger partial charge in [-0.2, -0.15) is 0 Å². The Morgan fingerprint density at radius 2 is 2.00 bits per heavy atom. The SMILES string of the molecule is CC1CCc2sc(C(=O)NC(C(N)=O)C(N)=O)cc2C1. The highest BCUT2D eigenvalue weighted by Crippen LogP contribution is 2.32. The van der Waals surface area contributed by atoms with Gasteiger partial charge in [0.1, 0.15) is 0 Å². The molecule has 1 aliphatic carbocycles. The molecule has 20 heavy (non-hydrogen) atoms. The van der Waals surface area contributed by atoms with E-state index < -0.39 is 23.8 Å². The predicted molar refractivity (Wildman–Crippen MR) is 75.2 cm³/mol. The van der Waals surface area contributed by atoms with Gasteiger partial charge in [-0.05, 0) is 36.8 Å². The number of thiophene rings is 1. The molecule has 5 N–H and O–H groups in total. The normalized spacial score (nSPS) is 17.6. The van der Waals surface area contributed by atoms with Crippen LogP contribution in [0.4, 0.5) is 0 Å². The fourth-order valence-electron chi connectivity index (χ4n) is 2.30. The fraction of sp³-hybridized carbons (Fsp3) is 0.462. The van der Waals surface area contributed by atoms with Crippen molar-refractivity contribution in [3.05, 3.63) is 21.4 Å². The maximum absolute atomic E-state index is 12.0. The molecule has 0 fully saturated rings. The van der Waals surface area contributed by atoms with Gasteiger partial charge in [0.2, 0.25) is 11.8 Å². The van der Waals surface area contributed by atoms with Gasteiger partial charge in [0.25, 0.3) is 5.91 Å². The third-order valence-corrected chi connectivity index (χ3v) is 4.63. The van der Waals surface area contributed by atoms with Crippen molar-refractivity contribution < 1.29 is 14.4 Å². The van der Waals surface area contributed by atoms with E-state index in [2.05, 4.69) is 12.2 Å². The third kappa shape index (κ3) is 2.98. The summed E-state index contributed by atoms with van der Waals surface area (Å²) in [6, 6.07) is 0.352. The quantitative estimate of drug-likeness (QED) is 0.676. The molecule has 0 saturated heterocycles. The van der Waals surface area contributed by atoms with Crippen molar-refractivity contribution in [2.45, 2.75) is 32.2 Å². The summed E-state index contributed by atoms with van der Waals surface area (Å²) in [4.78, 5) is 35.8. The van der Waals surface area contributed by atoms with Gasteiger partial charge < -0.3 is 16.8 Å². The minimum Gasteiger partial charge on any atom is -0.367 e. The van der Waals surface area contributed by atoms with Crippen LogP contribution in [0.15, 0.2) is 6.07 Å². The zero-order valence-corrected chi connectivity index (χ0v) is 12.0. The van der Waals surface area contributed by atoms with E-state index in [1.807, 2.05) is 6.07 Å². The summed E-state index contributed by atoms with van der Waals surface area (Å²) < 4.78 is 0. The van der Waals surface area contributed by atoms with Gasteiger partial charge in [0, 0.05) is 4.88 Å². The van der Waals surface area contributed by atoms with Crippen LogP contribution in [0.3, 0.4) is 0 Å². The first-order valence-electron chi connectivity index (χ1n) is 6.39. The van der Waals surface area contributed by atoms with Crippen LogP contribution < -0.4 is 16.8 Å². The Bertz CT molecular complexity index is 553. The number of aryl methyl sites for hydroxylation is 1. The number of nitrogens with two attached hydrogens (primary N) is 2. The summed E-state index contributed by atoms with van der Waals surface area (Å²) in [7, 11) is 0. The molecule has 2 rings (SSSR count). The molecule has 1 aromatic heterocycles. The Morgan fingerprint density at radius 3 is 2.60 bits per heavy atom. The Kier molecular flexibility index (Phi) is 4.08. The molecule has 7 heteroatoms. The number of primary amides is 2. The van der Waals surface area contributed by atoms with Crippen molar-refractivity contribution in [2.24, 2.45) is 17.4 Å². The van der Waals surface area contributed by atoms with Crippen molar-refractivity contribution >= 4 is 29.1 Å². The molecule has 0 spiro atoms. The van der Waals surface area contributed by atoms with Crippen molar-refractivity contribution in [3.8, 4) is 0 Å². The van der Waals surface area contributed by atoms with Crippen molar-refractivity contribution in [3.63, 3.8) is 0 Å². The van der Waals surface area contributed by atoms with E-state index in [0.29, 0.717) is 10.8 Å². The van der Waals surface area contributed by atoms with Gasteiger partial charge in [-0.3, -0.25) is 14.4 Å². The first-order chi connectivity index (χ1) is 9.38. The zero-order chi connectivity index (χ0) is 14.9. The highest BCUT2D eigenvalue weighted by Gasteiger charge is 2.26. The molecule has 0 saturated carbocycles. The predicted octanol–water partition coefficient (Wildman–Crippen LogP) is -0.0581. The van der Waals surface area contributed by atoms with E-state index in [9.17, 15) is 14.4 Å². The number of carbonyl (C=O) groups excluding carboxylic acids is 3. The highest BCUT2D eigenvalue weighted by atomic mass is 32.1. The van der Waals surface area contributed by atoms with E-state index in [4.69, 9.17) is 11.5 Å². The lowest BCUT2D eigenvalue weighted by Gasteiger charge is -2.16. The monoisotopic (exact) mass is 295 g/mol. The van der Waals surface area contributed by atoms with Crippen LogP contribution in [0.25, 0.3) is 0 Å². The average Bonchev–Trinajstić information content (AvgIpc) is 2.77. The molecule has 3 amide bonds. The van der Waals surface area contributed by atoms with Gasteiger partial charge in [-0.25, -0.2) is 0 Å². The van der Waals surface area contributed by atoms with Gasteiger partial charge in [-0.1, -0.05) is 6.92 Å². The standard InChI is InChI=1S/C13H17N3O3S/c1-6-2-3-8-7(4-6)5-9(20-8)13(19)16-10(11(14)17)12(15)18/h5-6,10H,2-4H2,1H3,(H2,14,17)(H2,15,18)(H,16,19). The first-order valence-corrected chi connectivity index (χ1v) is 7.21. The number of rotatable bonds is 4. The third-order valence-electron chi connectivity index (χ3n) is 3.40. The summed E-state index contributed by atoms with van der Waals surface area (Å²) >= 11 is 1.39. The molecule has 0 aromatic carbocycles. The molecule has 0 radical (unpaired) electrons. The Balaban J connectivity index is 2.14. The molecule has 1 unspecified atom stereocenters. The fourth-order valence-corrected chi connectivity index (χ4v) is 3.41. The van der Waals surface area contributed by atoms with Crippen LogP contribution in [-0.2, 0) is 22.4 Å². The number of hydrogen-bond acceptors (Lipinski definition) is 4. The molecule has 0 aliphatic heterocycles. The summed E-state index contributed by atoms with van der Waals surface area (Å²) in [6.07, 6.45) is 3.03. The van der Waals surface area contributed by atoms with E-state index in [1.54, 1.807) is 0 Å². The second-order valence-electron chi connectivity index (χ2n) is 5.12. The zero-order valence-electron chi connectivity index (χ0n) is 11.1. The minimum absolute atomic E-state index is 0.483. The molecule has 0 bridgehead atoms. The highest BCUT2D eigenvalue weighted by molar-refractivity contribution is 7.14. The summed E-state index contributed by atoms with van der Waals surface area (Å²) in [5.74, 6) is -1.79. The van der Waals surface area contributed by atoms with Gasteiger partial charge in [-0.15, -0.1) is 11.3 Å². The molecular weight excluding hydrogens is 278 g/mol. The van der Waals surface area contributed by atoms with E-state index in [0.717, 1.165) is 19.3 Å². The van der Waals surface area contributed by atoms with E-state index in [-0.39, 0.29) is 0 Å². The number of amides is 3. The summed E-state index contributed by atoms with van der Waals surface area (Å²) in [5.41, 5.74) is 11.2.